The number of hydrogen-bond acceptors (Lipinski definition) is 2. The Morgan fingerprint density at radius 3 is 2.69 bits per heavy atom. The molecular formula is C10H14FNO. The molecule has 0 saturated heterocycles. The molecule has 0 aliphatic heterocycles. The largest absolute Gasteiger partial charge is 0.475 e. The van der Waals surface area contributed by atoms with Crippen molar-refractivity contribution in [2.75, 3.05) is 6.73 Å². The van der Waals surface area contributed by atoms with Crippen molar-refractivity contribution in [1.82, 2.24) is 0 Å². The molecule has 0 bridgehead atoms. The zero-order valence-corrected chi connectivity index (χ0v) is 7.88. The molecule has 0 fully saturated rings. The zero-order chi connectivity index (χ0) is 9.84. The fourth-order valence-corrected chi connectivity index (χ4v) is 1.22. The molecule has 0 heterocycles. The number of benzene rings is 1. The lowest BCUT2D eigenvalue weighted by molar-refractivity contribution is 0.307. The van der Waals surface area contributed by atoms with Gasteiger partial charge in [-0.2, -0.15) is 0 Å². The molecule has 1 rings (SSSR count). The molecule has 0 aliphatic rings. The second kappa shape index (κ2) is 4.23. The van der Waals surface area contributed by atoms with Crippen LogP contribution < -0.4 is 10.5 Å². The summed E-state index contributed by atoms with van der Waals surface area (Å²) < 4.78 is 18.2. The van der Waals surface area contributed by atoms with Gasteiger partial charge in [0.05, 0.1) is 0 Å². The van der Waals surface area contributed by atoms with E-state index in [9.17, 15) is 4.39 Å². The lowest BCUT2D eigenvalue weighted by Crippen LogP contribution is -2.10. The van der Waals surface area contributed by atoms with E-state index in [2.05, 4.69) is 0 Å². The normalized spacial score (nSPS) is 10.5. The van der Waals surface area contributed by atoms with Gasteiger partial charge in [-0.05, 0) is 17.5 Å². The van der Waals surface area contributed by atoms with Gasteiger partial charge in [0.15, 0.2) is 11.6 Å². The third-order valence-corrected chi connectivity index (χ3v) is 1.85. The summed E-state index contributed by atoms with van der Waals surface area (Å²) in [5.41, 5.74) is 6.06. The van der Waals surface area contributed by atoms with Crippen LogP contribution in [0.5, 0.6) is 5.75 Å². The monoisotopic (exact) mass is 183 g/mol. The maximum Gasteiger partial charge on any atom is 0.165 e. The van der Waals surface area contributed by atoms with E-state index < -0.39 is 0 Å². The molecule has 0 spiro atoms. The predicted octanol–water partition coefficient (Wildman–Crippen LogP) is 2.24. The van der Waals surface area contributed by atoms with Crippen LogP contribution in [0.2, 0.25) is 0 Å². The van der Waals surface area contributed by atoms with Gasteiger partial charge in [-0.3, -0.25) is 5.73 Å². The quantitative estimate of drug-likeness (QED) is 0.729. The lowest BCUT2D eigenvalue weighted by Gasteiger charge is -2.12. The molecule has 1 aromatic rings. The van der Waals surface area contributed by atoms with Gasteiger partial charge >= 0.3 is 0 Å². The summed E-state index contributed by atoms with van der Waals surface area (Å²) in [4.78, 5) is 0. The highest BCUT2D eigenvalue weighted by molar-refractivity contribution is 5.37. The van der Waals surface area contributed by atoms with E-state index in [1.54, 1.807) is 6.07 Å². The molecule has 0 saturated carbocycles. The molecule has 3 heteroatoms. The minimum atomic E-state index is -0.350. The molecule has 13 heavy (non-hydrogen) atoms. The Kier molecular flexibility index (Phi) is 3.25. The van der Waals surface area contributed by atoms with Crippen molar-refractivity contribution in [3.63, 3.8) is 0 Å². The molecule has 72 valence electrons. The van der Waals surface area contributed by atoms with Crippen LogP contribution >= 0.6 is 0 Å². The highest BCUT2D eigenvalue weighted by Gasteiger charge is 2.11. The fourth-order valence-electron chi connectivity index (χ4n) is 1.22. The smallest absolute Gasteiger partial charge is 0.165 e. The molecule has 2 N–H and O–H groups in total. The first-order valence-electron chi connectivity index (χ1n) is 4.28. The van der Waals surface area contributed by atoms with Gasteiger partial charge in [0.2, 0.25) is 0 Å². The number of hydrogen-bond donors (Lipinski definition) is 1. The molecule has 0 aliphatic carbocycles. The Morgan fingerprint density at radius 2 is 2.15 bits per heavy atom. The van der Waals surface area contributed by atoms with Crippen molar-refractivity contribution < 1.29 is 9.13 Å². The van der Waals surface area contributed by atoms with Crippen molar-refractivity contribution in [2.24, 2.45) is 5.73 Å². The molecular weight excluding hydrogens is 169 g/mol. The first-order valence-corrected chi connectivity index (χ1v) is 4.28. The molecule has 0 amide bonds. The van der Waals surface area contributed by atoms with Crippen LogP contribution in [0.15, 0.2) is 18.2 Å². The fraction of sp³-hybridized carbons (Fsp3) is 0.400. The standard InChI is InChI=1S/C10H14FNO/c1-7(2)8-4-3-5-9(11)10(8)13-6-12/h3-5,7H,6,12H2,1-2H3. The van der Waals surface area contributed by atoms with E-state index in [4.69, 9.17) is 10.5 Å². The molecule has 1 aromatic carbocycles. The molecule has 0 atom stereocenters. The number of halogens is 1. The van der Waals surface area contributed by atoms with Gasteiger partial charge in [-0.15, -0.1) is 0 Å². The van der Waals surface area contributed by atoms with Crippen LogP contribution in [0.4, 0.5) is 4.39 Å². The molecule has 0 unspecified atom stereocenters. The number of rotatable bonds is 3. The Hall–Kier alpha value is -1.09. The maximum atomic E-state index is 13.2. The third-order valence-electron chi connectivity index (χ3n) is 1.85. The Balaban J connectivity index is 3.09. The molecule has 0 aromatic heterocycles. The van der Waals surface area contributed by atoms with Crippen molar-refractivity contribution in [1.29, 1.82) is 0 Å². The van der Waals surface area contributed by atoms with Crippen molar-refractivity contribution in [2.45, 2.75) is 19.8 Å². The van der Waals surface area contributed by atoms with Gasteiger partial charge < -0.3 is 4.74 Å². The maximum absolute atomic E-state index is 13.2. The summed E-state index contributed by atoms with van der Waals surface area (Å²) in [5.74, 6) is 0.161. The van der Waals surface area contributed by atoms with Gasteiger partial charge in [-0.1, -0.05) is 26.0 Å². The van der Waals surface area contributed by atoms with Crippen molar-refractivity contribution >= 4 is 0 Å². The zero-order valence-electron chi connectivity index (χ0n) is 7.88. The SMILES string of the molecule is CC(C)c1cccc(F)c1OCN. The average Bonchev–Trinajstić information content (AvgIpc) is 2.08. The van der Waals surface area contributed by atoms with E-state index in [-0.39, 0.29) is 24.2 Å². The van der Waals surface area contributed by atoms with E-state index in [1.807, 2.05) is 19.9 Å². The predicted molar refractivity (Wildman–Crippen MR) is 50.2 cm³/mol. The number of nitrogens with two attached hydrogens (primary N) is 1. The van der Waals surface area contributed by atoms with E-state index in [0.29, 0.717) is 0 Å². The van der Waals surface area contributed by atoms with Crippen molar-refractivity contribution in [3.05, 3.63) is 29.6 Å². The van der Waals surface area contributed by atoms with Crippen LogP contribution in [0, 0.1) is 5.82 Å². The molecule has 2 nitrogen and oxygen atoms in total. The Bertz CT molecular complexity index is 286. The first-order chi connectivity index (χ1) is 6.16. The summed E-state index contributed by atoms with van der Waals surface area (Å²) in [6, 6.07) is 4.89. The van der Waals surface area contributed by atoms with Crippen LogP contribution in [-0.2, 0) is 0 Å². The van der Waals surface area contributed by atoms with E-state index >= 15 is 0 Å². The summed E-state index contributed by atoms with van der Waals surface area (Å²) in [6.07, 6.45) is 0. The minimum absolute atomic E-state index is 0.000648. The first kappa shape index (κ1) is 9.99. The summed E-state index contributed by atoms with van der Waals surface area (Å²) in [7, 11) is 0. The minimum Gasteiger partial charge on any atom is -0.475 e. The third kappa shape index (κ3) is 2.18. The highest BCUT2D eigenvalue weighted by Crippen LogP contribution is 2.28. The van der Waals surface area contributed by atoms with Crippen LogP contribution in [0.25, 0.3) is 0 Å². The van der Waals surface area contributed by atoms with Gasteiger partial charge in [0.1, 0.15) is 6.73 Å². The van der Waals surface area contributed by atoms with Gasteiger partial charge in [-0.25, -0.2) is 4.39 Å². The van der Waals surface area contributed by atoms with Gasteiger partial charge in [0.25, 0.3) is 0 Å². The van der Waals surface area contributed by atoms with Crippen molar-refractivity contribution in [3.8, 4) is 5.75 Å². The van der Waals surface area contributed by atoms with Crippen LogP contribution in [0.3, 0.4) is 0 Å². The molecule has 0 radical (unpaired) electrons. The number of ether oxygens (including phenoxy) is 1. The van der Waals surface area contributed by atoms with Gasteiger partial charge in [0, 0.05) is 0 Å². The van der Waals surface area contributed by atoms with Crippen LogP contribution in [0.1, 0.15) is 25.3 Å². The lowest BCUT2D eigenvalue weighted by atomic mass is 10.0. The summed E-state index contributed by atoms with van der Waals surface area (Å²) in [6.45, 7) is 3.97. The summed E-state index contributed by atoms with van der Waals surface area (Å²) in [5, 5.41) is 0. The second-order valence-electron chi connectivity index (χ2n) is 3.12. The Morgan fingerprint density at radius 1 is 1.46 bits per heavy atom. The van der Waals surface area contributed by atoms with E-state index in [0.717, 1.165) is 5.56 Å². The number of para-hydroxylation sites is 1. The van der Waals surface area contributed by atoms with Crippen LogP contribution in [-0.4, -0.2) is 6.73 Å². The average molecular weight is 183 g/mol. The highest BCUT2D eigenvalue weighted by atomic mass is 19.1. The topological polar surface area (TPSA) is 35.2 Å². The second-order valence-corrected chi connectivity index (χ2v) is 3.12. The Labute approximate surface area is 77.5 Å². The summed E-state index contributed by atoms with van der Waals surface area (Å²) >= 11 is 0. The van der Waals surface area contributed by atoms with E-state index in [1.165, 1.54) is 6.07 Å².